The fourth-order valence-corrected chi connectivity index (χ4v) is 2.76. The lowest BCUT2D eigenvalue weighted by atomic mass is 10.1. The van der Waals surface area contributed by atoms with Gasteiger partial charge < -0.3 is 20.7 Å². The summed E-state index contributed by atoms with van der Waals surface area (Å²) in [5.74, 6) is 0.164. The van der Waals surface area contributed by atoms with Crippen LogP contribution in [0, 0.1) is 12.7 Å². The Morgan fingerprint density at radius 2 is 1.90 bits per heavy atom. The van der Waals surface area contributed by atoms with Crippen molar-refractivity contribution in [2.45, 2.75) is 6.92 Å². The lowest BCUT2D eigenvalue weighted by molar-refractivity contribution is 0.0964. The predicted molar refractivity (Wildman–Crippen MR) is 111 cm³/mol. The van der Waals surface area contributed by atoms with Gasteiger partial charge in [-0.15, -0.1) is 0 Å². The number of methoxy groups -OCH3 is 1. The van der Waals surface area contributed by atoms with Gasteiger partial charge in [-0.2, -0.15) is 4.98 Å². The average Bonchev–Trinajstić information content (AvgIpc) is 2.72. The molecule has 0 aliphatic rings. The molecule has 0 radical (unpaired) electrons. The first-order chi connectivity index (χ1) is 13.9. The summed E-state index contributed by atoms with van der Waals surface area (Å²) in [7, 11) is 3.00. The van der Waals surface area contributed by atoms with E-state index in [2.05, 4.69) is 25.9 Å². The molecule has 29 heavy (non-hydrogen) atoms. The molecule has 0 saturated carbocycles. The number of benzene rings is 2. The van der Waals surface area contributed by atoms with Crippen molar-refractivity contribution in [2.75, 3.05) is 24.8 Å². The molecule has 0 bridgehead atoms. The zero-order valence-electron chi connectivity index (χ0n) is 16.0. The van der Waals surface area contributed by atoms with Gasteiger partial charge in [-0.3, -0.25) is 4.79 Å². The third kappa shape index (κ3) is 4.72. The SMILES string of the molecule is CNC(=O)c1cc(C)ccc1Nc1nc(Nc2ccc(F)cc2OC)ncc1Cl. The third-order valence-electron chi connectivity index (χ3n) is 4.05. The molecule has 9 heteroatoms. The van der Waals surface area contributed by atoms with Crippen molar-refractivity contribution in [3.05, 3.63) is 64.6 Å². The van der Waals surface area contributed by atoms with Gasteiger partial charge in [0.15, 0.2) is 5.82 Å². The summed E-state index contributed by atoms with van der Waals surface area (Å²) in [6.07, 6.45) is 1.42. The minimum atomic E-state index is -0.423. The number of halogens is 2. The van der Waals surface area contributed by atoms with E-state index in [1.165, 1.54) is 31.5 Å². The highest BCUT2D eigenvalue weighted by Gasteiger charge is 2.14. The first-order valence-corrected chi connectivity index (χ1v) is 9.02. The Balaban J connectivity index is 1.92. The second-order valence-electron chi connectivity index (χ2n) is 6.11. The summed E-state index contributed by atoms with van der Waals surface area (Å²) >= 11 is 6.24. The fraction of sp³-hybridized carbons (Fsp3) is 0.150. The number of carbonyl (C=O) groups is 1. The number of amides is 1. The molecule has 0 aliphatic heterocycles. The van der Waals surface area contributed by atoms with Crippen LogP contribution < -0.4 is 20.7 Å². The molecule has 0 saturated heterocycles. The summed E-state index contributed by atoms with van der Waals surface area (Å²) in [5, 5.41) is 8.92. The normalized spacial score (nSPS) is 10.4. The minimum absolute atomic E-state index is 0.218. The molecule has 3 aromatic rings. The standard InChI is InChI=1S/C20H19ClFN5O2/c1-11-4-6-15(13(8-11)19(28)23-2)25-18-14(21)10-24-20(27-18)26-16-7-5-12(22)9-17(16)29-3/h4-10H,1-3H3,(H,23,28)(H2,24,25,26,27). The van der Waals surface area contributed by atoms with Crippen LogP contribution in [-0.4, -0.2) is 30.0 Å². The molecule has 1 amide bonds. The van der Waals surface area contributed by atoms with Crippen molar-refractivity contribution >= 4 is 40.6 Å². The highest BCUT2D eigenvalue weighted by molar-refractivity contribution is 6.33. The van der Waals surface area contributed by atoms with Crippen molar-refractivity contribution < 1.29 is 13.9 Å². The molecule has 3 rings (SSSR count). The van der Waals surface area contributed by atoms with Crippen molar-refractivity contribution in [1.82, 2.24) is 15.3 Å². The van der Waals surface area contributed by atoms with Gasteiger partial charge >= 0.3 is 0 Å². The lowest BCUT2D eigenvalue weighted by Crippen LogP contribution is -2.19. The number of hydrogen-bond acceptors (Lipinski definition) is 6. The van der Waals surface area contributed by atoms with E-state index in [1.807, 2.05) is 13.0 Å². The van der Waals surface area contributed by atoms with Crippen molar-refractivity contribution in [1.29, 1.82) is 0 Å². The van der Waals surface area contributed by atoms with Gasteiger partial charge in [0.05, 0.1) is 30.2 Å². The highest BCUT2D eigenvalue weighted by Crippen LogP contribution is 2.30. The largest absolute Gasteiger partial charge is 0.494 e. The Morgan fingerprint density at radius 1 is 1.14 bits per heavy atom. The van der Waals surface area contributed by atoms with Gasteiger partial charge in [-0.25, -0.2) is 9.37 Å². The van der Waals surface area contributed by atoms with Crippen LogP contribution in [0.5, 0.6) is 5.75 Å². The lowest BCUT2D eigenvalue weighted by Gasteiger charge is -2.14. The highest BCUT2D eigenvalue weighted by atomic mass is 35.5. The maximum Gasteiger partial charge on any atom is 0.253 e. The van der Waals surface area contributed by atoms with Crippen LogP contribution in [0.3, 0.4) is 0 Å². The van der Waals surface area contributed by atoms with Crippen molar-refractivity contribution in [3.63, 3.8) is 0 Å². The molecule has 2 aromatic carbocycles. The van der Waals surface area contributed by atoms with E-state index >= 15 is 0 Å². The molecule has 0 atom stereocenters. The van der Waals surface area contributed by atoms with E-state index in [1.54, 1.807) is 19.2 Å². The molecule has 0 aliphatic carbocycles. The number of anilines is 4. The van der Waals surface area contributed by atoms with Crippen molar-refractivity contribution in [3.8, 4) is 5.75 Å². The molecular formula is C20H19ClFN5O2. The minimum Gasteiger partial charge on any atom is -0.494 e. The molecule has 3 N–H and O–H groups in total. The zero-order valence-corrected chi connectivity index (χ0v) is 16.8. The summed E-state index contributed by atoms with van der Waals surface area (Å²) in [6, 6.07) is 9.46. The van der Waals surface area contributed by atoms with Gasteiger partial charge in [0.25, 0.3) is 5.91 Å². The molecule has 1 aromatic heterocycles. The molecule has 1 heterocycles. The summed E-state index contributed by atoms with van der Waals surface area (Å²) in [6.45, 7) is 1.89. The smallest absolute Gasteiger partial charge is 0.253 e. The van der Waals surface area contributed by atoms with Crippen LogP contribution in [0.25, 0.3) is 0 Å². The number of aromatic nitrogens is 2. The third-order valence-corrected chi connectivity index (χ3v) is 4.33. The average molecular weight is 416 g/mol. The number of hydrogen-bond donors (Lipinski definition) is 3. The van der Waals surface area contributed by atoms with Crippen molar-refractivity contribution in [2.24, 2.45) is 0 Å². The maximum atomic E-state index is 13.4. The van der Waals surface area contributed by atoms with Crippen LogP contribution in [0.4, 0.5) is 27.5 Å². The van der Waals surface area contributed by atoms with Gasteiger partial charge in [0, 0.05) is 13.1 Å². The summed E-state index contributed by atoms with van der Waals surface area (Å²) in [4.78, 5) is 20.7. The molecule has 0 fully saturated rings. The van der Waals surface area contributed by atoms with Gasteiger partial charge in [-0.05, 0) is 31.2 Å². The molecule has 0 spiro atoms. The number of nitrogens with one attached hydrogen (secondary N) is 3. The Hall–Kier alpha value is -3.39. The Morgan fingerprint density at radius 3 is 2.62 bits per heavy atom. The Labute approximate surface area is 172 Å². The van der Waals surface area contributed by atoms with Crippen LogP contribution >= 0.6 is 11.6 Å². The molecule has 0 unspecified atom stereocenters. The second kappa shape index (κ2) is 8.74. The quantitative estimate of drug-likeness (QED) is 0.552. The van der Waals surface area contributed by atoms with Crippen LogP contribution in [0.2, 0.25) is 5.02 Å². The Kier molecular flexibility index (Phi) is 6.13. The van der Waals surface area contributed by atoms with Crippen LogP contribution in [-0.2, 0) is 0 Å². The van der Waals surface area contributed by atoms with Gasteiger partial charge in [0.1, 0.15) is 16.6 Å². The first-order valence-electron chi connectivity index (χ1n) is 8.64. The zero-order chi connectivity index (χ0) is 21.0. The topological polar surface area (TPSA) is 88.2 Å². The number of carbonyl (C=O) groups excluding carboxylic acids is 1. The summed E-state index contributed by atoms with van der Waals surface area (Å²) < 4.78 is 18.6. The molecule has 7 nitrogen and oxygen atoms in total. The predicted octanol–water partition coefficient (Wildman–Crippen LogP) is 4.43. The van der Waals surface area contributed by atoms with Crippen LogP contribution in [0.1, 0.15) is 15.9 Å². The molecular weight excluding hydrogens is 397 g/mol. The molecule has 150 valence electrons. The first kappa shape index (κ1) is 20.3. The van der Waals surface area contributed by atoms with E-state index in [0.717, 1.165) is 5.56 Å². The van der Waals surface area contributed by atoms with Crippen LogP contribution in [0.15, 0.2) is 42.6 Å². The Bertz CT molecular complexity index is 1060. The monoisotopic (exact) mass is 415 g/mol. The van der Waals surface area contributed by atoms with E-state index in [4.69, 9.17) is 16.3 Å². The fourth-order valence-electron chi connectivity index (χ4n) is 2.62. The summed E-state index contributed by atoms with van der Waals surface area (Å²) in [5.41, 5.74) is 2.43. The number of nitrogens with zero attached hydrogens (tertiary/aromatic N) is 2. The number of rotatable bonds is 6. The van der Waals surface area contributed by atoms with Gasteiger partial charge in [-0.1, -0.05) is 23.2 Å². The maximum absolute atomic E-state index is 13.4. The van der Waals surface area contributed by atoms with E-state index < -0.39 is 5.82 Å². The number of aryl methyl sites for hydroxylation is 1. The van der Waals surface area contributed by atoms with E-state index in [0.29, 0.717) is 28.5 Å². The van der Waals surface area contributed by atoms with E-state index in [-0.39, 0.29) is 16.9 Å². The van der Waals surface area contributed by atoms with Gasteiger partial charge in [0.2, 0.25) is 5.95 Å². The second-order valence-corrected chi connectivity index (χ2v) is 6.52. The number of ether oxygens (including phenoxy) is 1. The van der Waals surface area contributed by atoms with E-state index in [9.17, 15) is 9.18 Å².